The molecule has 2 heteroatoms. The van der Waals surface area contributed by atoms with Crippen molar-refractivity contribution in [2.75, 3.05) is 0 Å². The molecule has 0 N–H and O–H groups in total. The van der Waals surface area contributed by atoms with Gasteiger partial charge in [-0.1, -0.05) is 40.7 Å². The van der Waals surface area contributed by atoms with Gasteiger partial charge in [-0.25, -0.2) is 4.39 Å². The van der Waals surface area contributed by atoms with Crippen molar-refractivity contribution in [1.29, 1.82) is 5.26 Å². The Labute approximate surface area is 91.3 Å². The number of hydrogen-bond acceptors (Lipinski definition) is 1. The number of allylic oxidation sites excluding steroid dienone is 4. The predicted molar refractivity (Wildman–Crippen MR) is 59.6 cm³/mol. The van der Waals surface area contributed by atoms with Crippen LogP contribution in [0.25, 0.3) is 0 Å². The van der Waals surface area contributed by atoms with Gasteiger partial charge in [0.25, 0.3) is 0 Å². The van der Waals surface area contributed by atoms with E-state index in [9.17, 15) is 4.39 Å². The first-order valence-corrected chi connectivity index (χ1v) is 5.19. The van der Waals surface area contributed by atoms with Gasteiger partial charge in [0, 0.05) is 5.41 Å². The Morgan fingerprint density at radius 3 is 2.33 bits per heavy atom. The maximum atomic E-state index is 13.8. The highest BCUT2D eigenvalue weighted by Gasteiger charge is 2.37. The minimum absolute atomic E-state index is 0.108. The van der Waals surface area contributed by atoms with Gasteiger partial charge in [-0.05, 0) is 17.1 Å². The van der Waals surface area contributed by atoms with E-state index >= 15 is 0 Å². The second-order valence-corrected chi connectivity index (χ2v) is 5.69. The lowest BCUT2D eigenvalue weighted by atomic mass is 9.70. The first-order valence-electron chi connectivity index (χ1n) is 5.19. The summed E-state index contributed by atoms with van der Waals surface area (Å²) in [5, 5.41) is 9.04. The number of hydrogen-bond donors (Lipinski definition) is 0. The van der Waals surface area contributed by atoms with Crippen molar-refractivity contribution in [3.05, 3.63) is 23.6 Å². The van der Waals surface area contributed by atoms with Gasteiger partial charge in [-0.15, -0.1) is 0 Å². The normalized spacial score (nSPS) is 25.3. The third-order valence-electron chi connectivity index (χ3n) is 3.03. The molecule has 0 bridgehead atoms. The van der Waals surface area contributed by atoms with Crippen LogP contribution >= 0.6 is 0 Å². The highest BCUT2D eigenvalue weighted by Crippen LogP contribution is 2.44. The van der Waals surface area contributed by atoms with E-state index < -0.39 is 5.41 Å². The van der Waals surface area contributed by atoms with E-state index in [1.165, 1.54) is 0 Å². The molecule has 15 heavy (non-hydrogen) atoms. The molecule has 0 fully saturated rings. The molecule has 1 atom stereocenters. The first-order chi connectivity index (χ1) is 6.69. The summed E-state index contributed by atoms with van der Waals surface area (Å²) in [6.07, 6.45) is 3.47. The maximum absolute atomic E-state index is 13.8. The molecule has 0 aromatic heterocycles. The Kier molecular flexibility index (Phi) is 2.78. The number of nitriles is 1. The van der Waals surface area contributed by atoms with Crippen molar-refractivity contribution in [1.82, 2.24) is 0 Å². The average molecular weight is 207 g/mol. The van der Waals surface area contributed by atoms with Crippen LogP contribution in [0.15, 0.2) is 23.6 Å². The molecule has 1 aliphatic carbocycles. The van der Waals surface area contributed by atoms with Crippen molar-refractivity contribution in [3.8, 4) is 6.07 Å². The molecule has 0 spiro atoms. The molecule has 1 aliphatic rings. The Bertz CT molecular complexity index is 361. The van der Waals surface area contributed by atoms with Gasteiger partial charge in [0.2, 0.25) is 0 Å². The highest BCUT2D eigenvalue weighted by molar-refractivity contribution is 5.37. The molecular formula is C13H18FN. The van der Waals surface area contributed by atoms with Crippen molar-refractivity contribution in [2.24, 2.45) is 16.7 Å². The Hall–Kier alpha value is -1.10. The molecule has 0 heterocycles. The van der Waals surface area contributed by atoms with Crippen LogP contribution < -0.4 is 0 Å². The molecule has 0 aromatic carbocycles. The standard InChI is InChI=1S/C13H18FN/c1-12(2,3)9-6-10(8-15)13(4,5)11(14)7-9/h6-7,10H,1-5H3. The molecule has 0 aliphatic heterocycles. The molecule has 1 nitrogen and oxygen atoms in total. The maximum Gasteiger partial charge on any atom is 0.107 e. The monoisotopic (exact) mass is 207 g/mol. The van der Waals surface area contributed by atoms with Crippen molar-refractivity contribution in [3.63, 3.8) is 0 Å². The van der Waals surface area contributed by atoms with E-state index in [2.05, 4.69) is 6.07 Å². The van der Waals surface area contributed by atoms with Gasteiger partial charge >= 0.3 is 0 Å². The lowest BCUT2D eigenvalue weighted by Crippen LogP contribution is -2.27. The zero-order valence-electron chi connectivity index (χ0n) is 10.1. The Balaban J connectivity index is 3.20. The van der Waals surface area contributed by atoms with Gasteiger partial charge in [0.15, 0.2) is 0 Å². The largest absolute Gasteiger partial charge is 0.211 e. The van der Waals surface area contributed by atoms with Crippen LogP contribution in [-0.4, -0.2) is 0 Å². The summed E-state index contributed by atoms with van der Waals surface area (Å²) in [5.41, 5.74) is 0.109. The number of halogens is 1. The lowest BCUT2D eigenvalue weighted by Gasteiger charge is -2.33. The van der Waals surface area contributed by atoms with Gasteiger partial charge in [-0.2, -0.15) is 5.26 Å². The Morgan fingerprint density at radius 1 is 1.40 bits per heavy atom. The van der Waals surface area contributed by atoms with Crippen LogP contribution in [0, 0.1) is 28.1 Å². The summed E-state index contributed by atoms with van der Waals surface area (Å²) in [6.45, 7) is 9.60. The topological polar surface area (TPSA) is 23.8 Å². The summed E-state index contributed by atoms with van der Waals surface area (Å²) >= 11 is 0. The first kappa shape index (κ1) is 12.0. The highest BCUT2D eigenvalue weighted by atomic mass is 19.1. The third kappa shape index (κ3) is 2.12. The van der Waals surface area contributed by atoms with E-state index in [-0.39, 0.29) is 17.2 Å². The minimum Gasteiger partial charge on any atom is -0.211 e. The molecule has 0 saturated heterocycles. The molecule has 0 saturated carbocycles. The summed E-state index contributed by atoms with van der Waals surface area (Å²) in [6, 6.07) is 2.17. The molecule has 0 amide bonds. The van der Waals surface area contributed by atoms with Crippen molar-refractivity contribution >= 4 is 0 Å². The van der Waals surface area contributed by atoms with Crippen LogP contribution in [0.2, 0.25) is 0 Å². The van der Waals surface area contributed by atoms with Gasteiger partial charge in [0.05, 0.1) is 12.0 Å². The molecule has 0 radical (unpaired) electrons. The van der Waals surface area contributed by atoms with Crippen molar-refractivity contribution < 1.29 is 4.39 Å². The van der Waals surface area contributed by atoms with Gasteiger partial charge in [-0.3, -0.25) is 0 Å². The fourth-order valence-electron chi connectivity index (χ4n) is 1.57. The summed E-state index contributed by atoms with van der Waals surface area (Å²) in [4.78, 5) is 0. The second kappa shape index (κ2) is 3.48. The molecule has 1 unspecified atom stereocenters. The zero-order valence-corrected chi connectivity index (χ0v) is 10.1. The van der Waals surface area contributed by atoms with E-state index in [0.29, 0.717) is 0 Å². The number of rotatable bonds is 0. The quantitative estimate of drug-likeness (QED) is 0.589. The van der Waals surface area contributed by atoms with E-state index in [1.54, 1.807) is 19.9 Å². The van der Waals surface area contributed by atoms with Crippen LogP contribution in [0.5, 0.6) is 0 Å². The van der Waals surface area contributed by atoms with Gasteiger partial charge in [0.1, 0.15) is 5.83 Å². The molecule has 0 aromatic rings. The fraction of sp³-hybridized carbons (Fsp3) is 0.615. The Morgan fingerprint density at radius 2 is 1.93 bits per heavy atom. The minimum atomic E-state index is -0.691. The molecular weight excluding hydrogens is 189 g/mol. The van der Waals surface area contributed by atoms with Crippen LogP contribution in [0.3, 0.4) is 0 Å². The van der Waals surface area contributed by atoms with Crippen LogP contribution in [0.1, 0.15) is 34.6 Å². The zero-order chi connectivity index (χ0) is 11.9. The van der Waals surface area contributed by atoms with Gasteiger partial charge < -0.3 is 0 Å². The second-order valence-electron chi connectivity index (χ2n) is 5.69. The molecule has 1 rings (SSSR count). The van der Waals surface area contributed by atoms with Crippen LogP contribution in [-0.2, 0) is 0 Å². The SMILES string of the molecule is CC(C)(C)C1=CC(C#N)C(C)(C)C(F)=C1. The number of nitrogens with zero attached hydrogens (tertiary/aromatic N) is 1. The smallest absolute Gasteiger partial charge is 0.107 e. The summed E-state index contributed by atoms with van der Waals surface area (Å²) in [5.74, 6) is -0.571. The van der Waals surface area contributed by atoms with Crippen LogP contribution in [0.4, 0.5) is 4.39 Å². The predicted octanol–water partition coefficient (Wildman–Crippen LogP) is 3.99. The van der Waals surface area contributed by atoms with E-state index in [4.69, 9.17) is 5.26 Å². The fourth-order valence-corrected chi connectivity index (χ4v) is 1.57. The lowest BCUT2D eigenvalue weighted by molar-refractivity contribution is 0.291. The third-order valence-corrected chi connectivity index (χ3v) is 3.03. The summed E-state index contributed by atoms with van der Waals surface area (Å²) in [7, 11) is 0. The average Bonchev–Trinajstić information content (AvgIpc) is 2.07. The summed E-state index contributed by atoms with van der Waals surface area (Å²) < 4.78 is 13.8. The van der Waals surface area contributed by atoms with E-state index in [0.717, 1.165) is 5.57 Å². The van der Waals surface area contributed by atoms with E-state index in [1.807, 2.05) is 26.8 Å². The molecule has 82 valence electrons. The van der Waals surface area contributed by atoms with Crippen molar-refractivity contribution in [2.45, 2.75) is 34.6 Å².